The number of hydrogen-bond acceptors (Lipinski definition) is 3. The largest absolute Gasteiger partial charge is 0.327 e. The van der Waals surface area contributed by atoms with Crippen LogP contribution >= 0.6 is 0 Å². The molecule has 0 amide bonds. The van der Waals surface area contributed by atoms with Crippen LogP contribution in [-0.2, 0) is 6.42 Å². The Hall–Kier alpha value is -0.900. The molecule has 1 unspecified atom stereocenters. The molecule has 4 heteroatoms. The average molecular weight is 222 g/mol. The minimum atomic E-state index is 0.231. The monoisotopic (exact) mass is 222 g/mol. The number of rotatable bonds is 5. The summed E-state index contributed by atoms with van der Waals surface area (Å²) in [5.74, 6) is 1.08. The summed E-state index contributed by atoms with van der Waals surface area (Å²) >= 11 is 0. The van der Waals surface area contributed by atoms with Gasteiger partial charge in [0.1, 0.15) is 12.2 Å². The zero-order valence-electron chi connectivity index (χ0n) is 10.1. The fourth-order valence-corrected chi connectivity index (χ4v) is 2.61. The molecular formula is C12H22N4. The molecular weight excluding hydrogens is 200 g/mol. The van der Waals surface area contributed by atoms with Crippen molar-refractivity contribution in [1.29, 1.82) is 0 Å². The molecule has 0 bridgehead atoms. The second-order valence-electron chi connectivity index (χ2n) is 4.85. The first kappa shape index (κ1) is 11.6. The zero-order valence-corrected chi connectivity index (χ0v) is 10.1. The Morgan fingerprint density at radius 3 is 2.94 bits per heavy atom. The lowest BCUT2D eigenvalue weighted by atomic mass is 10.1. The lowest BCUT2D eigenvalue weighted by molar-refractivity contribution is 0.478. The topological polar surface area (TPSA) is 56.7 Å². The number of nitrogens with zero attached hydrogens (tertiary/aromatic N) is 3. The standard InChI is InChI=1S/C12H22N4/c1-2-5-10(13)8-12-15-14-9-16(12)11-6-3-4-7-11/h9-11H,2-8,13H2,1H3. The zero-order chi connectivity index (χ0) is 11.4. The van der Waals surface area contributed by atoms with Crippen LogP contribution in [0.1, 0.15) is 57.3 Å². The Kier molecular flexibility index (Phi) is 3.93. The molecule has 1 aliphatic carbocycles. The second kappa shape index (κ2) is 5.43. The normalized spacial score (nSPS) is 19.1. The fourth-order valence-electron chi connectivity index (χ4n) is 2.61. The van der Waals surface area contributed by atoms with Gasteiger partial charge in [0, 0.05) is 18.5 Å². The summed E-state index contributed by atoms with van der Waals surface area (Å²) in [6.07, 6.45) is 10.2. The number of nitrogens with two attached hydrogens (primary N) is 1. The highest BCUT2D eigenvalue weighted by Crippen LogP contribution is 2.30. The predicted octanol–water partition coefficient (Wildman–Crippen LogP) is 2.06. The first-order chi connectivity index (χ1) is 7.81. The highest BCUT2D eigenvalue weighted by atomic mass is 15.3. The summed E-state index contributed by atoms with van der Waals surface area (Å²) in [4.78, 5) is 0. The van der Waals surface area contributed by atoms with Gasteiger partial charge in [-0.3, -0.25) is 0 Å². The molecule has 1 saturated carbocycles. The van der Waals surface area contributed by atoms with E-state index in [2.05, 4.69) is 21.7 Å². The smallest absolute Gasteiger partial charge is 0.134 e. The molecule has 2 N–H and O–H groups in total. The third kappa shape index (κ3) is 2.61. The molecule has 4 nitrogen and oxygen atoms in total. The molecule has 2 rings (SSSR count). The van der Waals surface area contributed by atoms with Crippen molar-refractivity contribution < 1.29 is 0 Å². The average Bonchev–Trinajstić information content (AvgIpc) is 2.86. The number of aromatic nitrogens is 3. The van der Waals surface area contributed by atoms with Crippen molar-refractivity contribution in [2.75, 3.05) is 0 Å². The van der Waals surface area contributed by atoms with Crippen molar-refractivity contribution in [1.82, 2.24) is 14.8 Å². The van der Waals surface area contributed by atoms with Crippen LogP contribution in [0.2, 0.25) is 0 Å². The lowest BCUT2D eigenvalue weighted by Gasteiger charge is -2.15. The van der Waals surface area contributed by atoms with Gasteiger partial charge in [-0.2, -0.15) is 0 Å². The van der Waals surface area contributed by atoms with E-state index < -0.39 is 0 Å². The van der Waals surface area contributed by atoms with E-state index >= 15 is 0 Å². The van der Waals surface area contributed by atoms with Gasteiger partial charge in [-0.25, -0.2) is 0 Å². The van der Waals surface area contributed by atoms with Crippen LogP contribution < -0.4 is 5.73 Å². The van der Waals surface area contributed by atoms with Gasteiger partial charge in [0.25, 0.3) is 0 Å². The molecule has 0 spiro atoms. The molecule has 1 heterocycles. The molecule has 0 aromatic carbocycles. The minimum absolute atomic E-state index is 0.231. The molecule has 1 aromatic heterocycles. The molecule has 90 valence electrons. The van der Waals surface area contributed by atoms with E-state index in [1.165, 1.54) is 25.7 Å². The second-order valence-corrected chi connectivity index (χ2v) is 4.85. The molecule has 0 saturated heterocycles. The maximum atomic E-state index is 6.06. The Morgan fingerprint density at radius 1 is 1.50 bits per heavy atom. The van der Waals surface area contributed by atoms with Gasteiger partial charge in [0.2, 0.25) is 0 Å². The van der Waals surface area contributed by atoms with Gasteiger partial charge in [-0.05, 0) is 19.3 Å². The van der Waals surface area contributed by atoms with Gasteiger partial charge in [-0.1, -0.05) is 26.2 Å². The SMILES string of the molecule is CCCC(N)Cc1nncn1C1CCCC1. The van der Waals surface area contributed by atoms with Crippen LogP contribution in [0, 0.1) is 0 Å². The lowest BCUT2D eigenvalue weighted by Crippen LogP contribution is -2.25. The van der Waals surface area contributed by atoms with E-state index in [0.29, 0.717) is 6.04 Å². The van der Waals surface area contributed by atoms with Crippen LogP contribution in [0.4, 0.5) is 0 Å². The third-order valence-corrected chi connectivity index (χ3v) is 3.47. The van der Waals surface area contributed by atoms with Gasteiger partial charge >= 0.3 is 0 Å². The summed E-state index contributed by atoms with van der Waals surface area (Å²) in [5.41, 5.74) is 6.06. The number of hydrogen-bond donors (Lipinski definition) is 1. The molecule has 1 atom stereocenters. The predicted molar refractivity (Wildman–Crippen MR) is 64.1 cm³/mol. The van der Waals surface area contributed by atoms with Gasteiger partial charge in [-0.15, -0.1) is 10.2 Å². The molecule has 0 aliphatic heterocycles. The van der Waals surface area contributed by atoms with Crippen LogP contribution in [0.15, 0.2) is 6.33 Å². The van der Waals surface area contributed by atoms with E-state index in [4.69, 9.17) is 5.73 Å². The molecule has 1 fully saturated rings. The summed E-state index contributed by atoms with van der Waals surface area (Å²) in [7, 11) is 0. The van der Waals surface area contributed by atoms with Crippen molar-refractivity contribution in [2.24, 2.45) is 5.73 Å². The van der Waals surface area contributed by atoms with Gasteiger partial charge in [0.05, 0.1) is 0 Å². The van der Waals surface area contributed by atoms with E-state index in [0.717, 1.165) is 25.1 Å². The van der Waals surface area contributed by atoms with Crippen LogP contribution in [0.3, 0.4) is 0 Å². The summed E-state index contributed by atoms with van der Waals surface area (Å²) in [5, 5.41) is 8.25. The van der Waals surface area contributed by atoms with Crippen LogP contribution in [-0.4, -0.2) is 20.8 Å². The minimum Gasteiger partial charge on any atom is -0.327 e. The highest BCUT2D eigenvalue weighted by molar-refractivity contribution is 4.94. The molecule has 1 aliphatic rings. The van der Waals surface area contributed by atoms with E-state index in [-0.39, 0.29) is 6.04 Å². The third-order valence-electron chi connectivity index (χ3n) is 3.47. The van der Waals surface area contributed by atoms with Crippen molar-refractivity contribution in [3.05, 3.63) is 12.2 Å². The fraction of sp³-hybridized carbons (Fsp3) is 0.833. The van der Waals surface area contributed by atoms with E-state index in [9.17, 15) is 0 Å². The van der Waals surface area contributed by atoms with Crippen LogP contribution in [0.25, 0.3) is 0 Å². The Balaban J connectivity index is 2.00. The molecule has 16 heavy (non-hydrogen) atoms. The van der Waals surface area contributed by atoms with Crippen molar-refractivity contribution in [3.8, 4) is 0 Å². The molecule has 0 radical (unpaired) electrons. The van der Waals surface area contributed by atoms with E-state index in [1.807, 2.05) is 6.33 Å². The highest BCUT2D eigenvalue weighted by Gasteiger charge is 2.20. The Bertz CT molecular complexity index is 315. The summed E-state index contributed by atoms with van der Waals surface area (Å²) < 4.78 is 2.25. The summed E-state index contributed by atoms with van der Waals surface area (Å²) in [6.45, 7) is 2.17. The van der Waals surface area contributed by atoms with Crippen molar-refractivity contribution >= 4 is 0 Å². The van der Waals surface area contributed by atoms with Crippen molar-refractivity contribution in [3.63, 3.8) is 0 Å². The molecule has 1 aromatic rings. The first-order valence-corrected chi connectivity index (χ1v) is 6.45. The van der Waals surface area contributed by atoms with Crippen molar-refractivity contribution in [2.45, 2.75) is 64.0 Å². The van der Waals surface area contributed by atoms with Gasteiger partial charge < -0.3 is 10.3 Å². The quantitative estimate of drug-likeness (QED) is 0.829. The van der Waals surface area contributed by atoms with E-state index in [1.54, 1.807) is 0 Å². The first-order valence-electron chi connectivity index (χ1n) is 6.45. The Morgan fingerprint density at radius 2 is 2.25 bits per heavy atom. The van der Waals surface area contributed by atoms with Crippen LogP contribution in [0.5, 0.6) is 0 Å². The summed E-state index contributed by atoms with van der Waals surface area (Å²) in [6, 6.07) is 0.855. The van der Waals surface area contributed by atoms with Gasteiger partial charge in [0.15, 0.2) is 0 Å². The maximum absolute atomic E-state index is 6.06. The maximum Gasteiger partial charge on any atom is 0.134 e. The Labute approximate surface area is 97.2 Å².